The quantitative estimate of drug-likeness (QED) is 0.132. The van der Waals surface area contributed by atoms with Gasteiger partial charge in [0, 0.05) is 0 Å². The maximum Gasteiger partial charge on any atom is 0.338 e. The number of nitrogens with zero attached hydrogens (tertiary/aromatic N) is 1. The van der Waals surface area contributed by atoms with Crippen LogP contribution in [0.2, 0.25) is 0 Å². The van der Waals surface area contributed by atoms with Crippen LogP contribution in [0.15, 0.2) is 48.5 Å². The van der Waals surface area contributed by atoms with Crippen LogP contribution in [0.1, 0.15) is 152 Å². The minimum Gasteiger partial charge on any atom is -0.462 e. The summed E-state index contributed by atoms with van der Waals surface area (Å²) in [6.45, 7) is 9.53. The maximum absolute atomic E-state index is 12.5. The molecule has 1 aliphatic carbocycles. The fraction of sp³-hybridized carbons (Fsp3) is 0.641. The lowest BCUT2D eigenvalue weighted by atomic mass is 9.67. The van der Waals surface area contributed by atoms with Crippen LogP contribution in [0.4, 0.5) is 0 Å². The van der Waals surface area contributed by atoms with Crippen molar-refractivity contribution in [2.75, 3.05) is 6.61 Å². The summed E-state index contributed by atoms with van der Waals surface area (Å²) < 4.78 is 5.56. The lowest BCUT2D eigenvalue weighted by Crippen LogP contribution is -2.25. The van der Waals surface area contributed by atoms with E-state index >= 15 is 0 Å². The summed E-state index contributed by atoms with van der Waals surface area (Å²) in [7, 11) is 0. The summed E-state index contributed by atoms with van der Waals surface area (Å²) in [6, 6.07) is 19.5. The molecule has 0 radical (unpaired) electrons. The van der Waals surface area contributed by atoms with E-state index in [4.69, 9.17) is 4.74 Å². The number of nitriles is 1. The molecule has 1 fully saturated rings. The number of benzene rings is 2. The summed E-state index contributed by atoms with van der Waals surface area (Å²) in [5, 5.41) is 10.0. The van der Waals surface area contributed by atoms with Crippen molar-refractivity contribution in [2.24, 2.45) is 17.3 Å². The summed E-state index contributed by atoms with van der Waals surface area (Å²) in [4.78, 5) is 12.5. The molecule has 1 saturated carbocycles. The molecule has 1 atom stereocenters. The fourth-order valence-corrected chi connectivity index (χ4v) is 6.54. The van der Waals surface area contributed by atoms with E-state index in [9.17, 15) is 10.1 Å². The molecule has 1 aliphatic rings. The Hall–Kier alpha value is -2.60. The molecule has 0 bridgehead atoms. The predicted octanol–water partition coefficient (Wildman–Crippen LogP) is 11.7. The van der Waals surface area contributed by atoms with Crippen LogP contribution in [-0.4, -0.2) is 12.6 Å². The van der Waals surface area contributed by atoms with E-state index in [1.54, 1.807) is 0 Å². The highest BCUT2D eigenvalue weighted by molar-refractivity contribution is 5.90. The van der Waals surface area contributed by atoms with Gasteiger partial charge in [0.25, 0.3) is 0 Å². The molecule has 3 nitrogen and oxygen atoms in total. The number of hydrogen-bond donors (Lipinski definition) is 0. The number of rotatable bonds is 18. The second-order valence-corrected chi connectivity index (χ2v) is 13.6. The molecule has 2 aromatic carbocycles. The topological polar surface area (TPSA) is 50.1 Å². The van der Waals surface area contributed by atoms with E-state index < -0.39 is 0 Å². The predicted molar refractivity (Wildman–Crippen MR) is 176 cm³/mol. The zero-order chi connectivity index (χ0) is 30.2. The number of carbonyl (C=O) groups is 1. The smallest absolute Gasteiger partial charge is 0.338 e. The van der Waals surface area contributed by atoms with E-state index in [1.807, 2.05) is 24.3 Å². The molecule has 0 spiro atoms. The zero-order valence-corrected chi connectivity index (χ0v) is 27.1. The number of carbonyl (C=O) groups excluding carboxylic acids is 1. The monoisotopic (exact) mass is 571 g/mol. The van der Waals surface area contributed by atoms with E-state index in [1.165, 1.54) is 69.8 Å². The first kappa shape index (κ1) is 33.9. The standard InChI is InChI=1S/C39H57NO2/c1-5-6-7-8-9-10-11-26-39(30-40)27-23-36(24-28-39)35-17-15-33(16-18-35)34-19-21-37(22-20-34)38(41)42-29-25-32(4)14-12-13-31(2)3/h15-22,31-32,36H,5-14,23-29H2,1-4H3. The molecule has 2 aromatic rings. The van der Waals surface area contributed by atoms with Crippen LogP contribution >= 0.6 is 0 Å². The highest BCUT2D eigenvalue weighted by atomic mass is 16.5. The largest absolute Gasteiger partial charge is 0.462 e. The van der Waals surface area contributed by atoms with Gasteiger partial charge in [0.15, 0.2) is 0 Å². The minimum atomic E-state index is -0.232. The Kier molecular flexibility index (Phi) is 14.6. The summed E-state index contributed by atoms with van der Waals surface area (Å²) in [6.07, 6.45) is 19.1. The normalized spacial score (nSPS) is 19.4. The number of esters is 1. The van der Waals surface area contributed by atoms with E-state index in [0.717, 1.165) is 55.6 Å². The van der Waals surface area contributed by atoms with Gasteiger partial charge in [-0.05, 0) is 85.1 Å². The van der Waals surface area contributed by atoms with Gasteiger partial charge < -0.3 is 4.74 Å². The minimum absolute atomic E-state index is 0.103. The molecular formula is C39H57NO2. The molecule has 42 heavy (non-hydrogen) atoms. The molecule has 0 aromatic heterocycles. The van der Waals surface area contributed by atoms with Gasteiger partial charge in [0.2, 0.25) is 0 Å². The maximum atomic E-state index is 12.5. The lowest BCUT2D eigenvalue weighted by molar-refractivity contribution is 0.0483. The van der Waals surface area contributed by atoms with Gasteiger partial charge in [-0.3, -0.25) is 0 Å². The number of hydrogen-bond acceptors (Lipinski definition) is 3. The van der Waals surface area contributed by atoms with E-state index in [-0.39, 0.29) is 11.4 Å². The van der Waals surface area contributed by atoms with Crippen molar-refractivity contribution in [2.45, 2.75) is 136 Å². The Morgan fingerprint density at radius 1 is 0.833 bits per heavy atom. The molecule has 0 saturated heterocycles. The number of unbranched alkanes of at least 4 members (excludes halogenated alkanes) is 6. The third kappa shape index (κ3) is 11.2. The van der Waals surface area contributed by atoms with Crippen molar-refractivity contribution in [3.63, 3.8) is 0 Å². The SMILES string of the molecule is CCCCCCCCCC1(C#N)CCC(c2ccc(-c3ccc(C(=O)OCCC(C)CCCC(C)C)cc3)cc2)CC1. The van der Waals surface area contributed by atoms with Crippen molar-refractivity contribution in [3.05, 3.63) is 59.7 Å². The van der Waals surface area contributed by atoms with Crippen LogP contribution in [-0.2, 0) is 4.74 Å². The van der Waals surface area contributed by atoms with Crippen LogP contribution in [0.5, 0.6) is 0 Å². The average molecular weight is 572 g/mol. The first-order chi connectivity index (χ1) is 20.4. The van der Waals surface area contributed by atoms with Crippen molar-refractivity contribution < 1.29 is 9.53 Å². The van der Waals surface area contributed by atoms with Crippen LogP contribution in [0.3, 0.4) is 0 Å². The van der Waals surface area contributed by atoms with Crippen molar-refractivity contribution in [1.82, 2.24) is 0 Å². The summed E-state index contributed by atoms with van der Waals surface area (Å²) in [5.41, 5.74) is 4.17. The van der Waals surface area contributed by atoms with Gasteiger partial charge in [0.05, 0.1) is 23.7 Å². The van der Waals surface area contributed by atoms with E-state index in [2.05, 4.69) is 58.0 Å². The molecular weight excluding hydrogens is 514 g/mol. The molecule has 230 valence electrons. The highest BCUT2D eigenvalue weighted by Crippen LogP contribution is 2.46. The first-order valence-electron chi connectivity index (χ1n) is 17.1. The molecule has 1 unspecified atom stereocenters. The molecule has 3 heteroatoms. The summed E-state index contributed by atoms with van der Waals surface area (Å²) in [5.74, 6) is 1.65. The van der Waals surface area contributed by atoms with Crippen LogP contribution in [0.25, 0.3) is 11.1 Å². The van der Waals surface area contributed by atoms with Crippen LogP contribution < -0.4 is 0 Å². The van der Waals surface area contributed by atoms with Crippen molar-refractivity contribution >= 4 is 5.97 Å². The third-order valence-electron chi connectivity index (χ3n) is 9.60. The van der Waals surface area contributed by atoms with Gasteiger partial charge in [-0.2, -0.15) is 5.26 Å². The van der Waals surface area contributed by atoms with Gasteiger partial charge >= 0.3 is 5.97 Å². The lowest BCUT2D eigenvalue weighted by Gasteiger charge is -2.35. The Bertz CT molecular complexity index is 1070. The molecule has 0 N–H and O–H groups in total. The second-order valence-electron chi connectivity index (χ2n) is 13.6. The fourth-order valence-electron chi connectivity index (χ4n) is 6.54. The molecule has 0 heterocycles. The Balaban J connectivity index is 1.42. The Morgan fingerprint density at radius 2 is 1.43 bits per heavy atom. The van der Waals surface area contributed by atoms with Gasteiger partial charge in [0.1, 0.15) is 0 Å². The highest BCUT2D eigenvalue weighted by Gasteiger charge is 2.35. The van der Waals surface area contributed by atoms with Crippen molar-refractivity contribution in [1.29, 1.82) is 5.26 Å². The van der Waals surface area contributed by atoms with Gasteiger partial charge in [-0.1, -0.05) is 128 Å². The Morgan fingerprint density at radius 3 is 2.02 bits per heavy atom. The third-order valence-corrected chi connectivity index (χ3v) is 9.60. The van der Waals surface area contributed by atoms with Gasteiger partial charge in [-0.25, -0.2) is 4.79 Å². The van der Waals surface area contributed by atoms with Gasteiger partial charge in [-0.15, -0.1) is 0 Å². The second kappa shape index (κ2) is 18.1. The molecule has 3 rings (SSSR count). The first-order valence-corrected chi connectivity index (χ1v) is 17.1. The Labute approximate surface area is 257 Å². The average Bonchev–Trinajstić information content (AvgIpc) is 3.01. The van der Waals surface area contributed by atoms with Crippen LogP contribution in [0, 0.1) is 28.6 Å². The van der Waals surface area contributed by atoms with Crippen molar-refractivity contribution in [3.8, 4) is 17.2 Å². The zero-order valence-electron chi connectivity index (χ0n) is 27.1. The van der Waals surface area contributed by atoms with E-state index in [0.29, 0.717) is 24.0 Å². The molecule has 0 amide bonds. The number of ether oxygens (including phenoxy) is 1. The summed E-state index contributed by atoms with van der Waals surface area (Å²) >= 11 is 0. The molecule has 0 aliphatic heterocycles.